The molecule has 2 unspecified atom stereocenters. The van der Waals surface area contributed by atoms with Gasteiger partial charge in [0.2, 0.25) is 0 Å². The third-order valence-electron chi connectivity index (χ3n) is 2.32. The van der Waals surface area contributed by atoms with Gasteiger partial charge < -0.3 is 0 Å². The van der Waals surface area contributed by atoms with E-state index in [9.17, 15) is 4.48 Å². The summed E-state index contributed by atoms with van der Waals surface area (Å²) in [5.41, 5.74) is 0. The first-order chi connectivity index (χ1) is 3.88. The van der Waals surface area contributed by atoms with Gasteiger partial charge in [-0.05, 0) is 19.3 Å². The Kier molecular flexibility index (Phi) is 0.852. The molecule has 0 amide bonds. The van der Waals surface area contributed by atoms with E-state index in [1.165, 1.54) is 6.42 Å². The second kappa shape index (κ2) is 1.44. The molecule has 2 saturated heterocycles. The van der Waals surface area contributed by atoms with Gasteiger partial charge in [-0.15, -0.1) is 9.60 Å². The highest BCUT2D eigenvalue weighted by molar-refractivity contribution is 4.91. The minimum absolute atomic E-state index is 0.314. The van der Waals surface area contributed by atoms with Gasteiger partial charge in [0.15, 0.2) is 0 Å². The van der Waals surface area contributed by atoms with Gasteiger partial charge >= 0.3 is 0 Å². The van der Waals surface area contributed by atoms with Gasteiger partial charge in [-0.3, -0.25) is 0 Å². The van der Waals surface area contributed by atoms with Crippen molar-refractivity contribution < 1.29 is 4.48 Å². The molecule has 1 nitrogen and oxygen atoms in total. The van der Waals surface area contributed by atoms with Crippen molar-refractivity contribution in [2.24, 2.45) is 0 Å². The molecule has 0 aromatic rings. The van der Waals surface area contributed by atoms with E-state index in [2.05, 4.69) is 0 Å². The molecule has 0 N–H and O–H groups in total. The zero-order chi connectivity index (χ0) is 5.56. The SMILES string of the molecule is FN1C2CCCC1C2. The largest absolute Gasteiger partial charge is 0.140 e. The maximum Gasteiger partial charge on any atom is 0.0421 e. The highest BCUT2D eigenvalue weighted by Gasteiger charge is 2.41. The summed E-state index contributed by atoms with van der Waals surface area (Å²) < 4.78 is 12.5. The number of halogens is 1. The standard InChI is InChI=1S/C6H10FN/c7-8-5-2-1-3-6(8)4-5/h5-6H,1-4H2. The lowest BCUT2D eigenvalue weighted by atomic mass is 9.82. The first kappa shape index (κ1) is 4.74. The van der Waals surface area contributed by atoms with Gasteiger partial charge in [0.25, 0.3) is 0 Å². The Balaban J connectivity index is 2.03. The topological polar surface area (TPSA) is 3.24 Å². The van der Waals surface area contributed by atoms with Crippen molar-refractivity contribution in [3.63, 3.8) is 0 Å². The van der Waals surface area contributed by atoms with Crippen molar-refractivity contribution in [2.75, 3.05) is 0 Å². The zero-order valence-corrected chi connectivity index (χ0v) is 4.81. The first-order valence-corrected chi connectivity index (χ1v) is 3.32. The summed E-state index contributed by atoms with van der Waals surface area (Å²) in [5.74, 6) is 0. The van der Waals surface area contributed by atoms with Crippen LogP contribution < -0.4 is 0 Å². The molecule has 0 spiro atoms. The lowest BCUT2D eigenvalue weighted by molar-refractivity contribution is -0.168. The van der Waals surface area contributed by atoms with Gasteiger partial charge in [-0.1, -0.05) is 6.42 Å². The zero-order valence-electron chi connectivity index (χ0n) is 4.81. The number of nitrogens with zero attached hydrogens (tertiary/aromatic N) is 1. The molecule has 2 atom stereocenters. The van der Waals surface area contributed by atoms with Crippen LogP contribution in [0.3, 0.4) is 0 Å². The van der Waals surface area contributed by atoms with Crippen molar-refractivity contribution in [1.29, 1.82) is 0 Å². The molecule has 8 heavy (non-hydrogen) atoms. The molecule has 2 aliphatic heterocycles. The van der Waals surface area contributed by atoms with Crippen LogP contribution in [-0.2, 0) is 0 Å². The predicted molar refractivity (Wildman–Crippen MR) is 29.0 cm³/mol. The van der Waals surface area contributed by atoms with Crippen LogP contribution in [0.2, 0.25) is 0 Å². The highest BCUT2D eigenvalue weighted by Crippen LogP contribution is 2.37. The molecule has 2 heteroatoms. The van der Waals surface area contributed by atoms with E-state index >= 15 is 0 Å². The fourth-order valence-corrected chi connectivity index (χ4v) is 1.75. The van der Waals surface area contributed by atoms with Crippen molar-refractivity contribution in [1.82, 2.24) is 5.12 Å². The fourth-order valence-electron chi connectivity index (χ4n) is 1.75. The van der Waals surface area contributed by atoms with E-state index < -0.39 is 0 Å². The number of piperidine rings is 1. The summed E-state index contributed by atoms with van der Waals surface area (Å²) in [7, 11) is 0. The molecule has 46 valence electrons. The summed E-state index contributed by atoms with van der Waals surface area (Å²) in [6.45, 7) is 0. The Morgan fingerprint density at radius 1 is 1.25 bits per heavy atom. The Morgan fingerprint density at radius 2 is 1.88 bits per heavy atom. The minimum Gasteiger partial charge on any atom is -0.140 e. The fraction of sp³-hybridized carbons (Fsp3) is 1.00. The van der Waals surface area contributed by atoms with E-state index in [4.69, 9.17) is 0 Å². The Bertz CT molecular complexity index is 90.7. The first-order valence-electron chi connectivity index (χ1n) is 3.32. The molecule has 0 radical (unpaired) electrons. The minimum atomic E-state index is 0.314. The predicted octanol–water partition coefficient (Wildman–Crippen LogP) is 1.50. The molecule has 3 fully saturated rings. The van der Waals surface area contributed by atoms with E-state index in [0.717, 1.165) is 24.4 Å². The summed E-state index contributed by atoms with van der Waals surface area (Å²) >= 11 is 0. The van der Waals surface area contributed by atoms with E-state index in [1.54, 1.807) is 0 Å². The van der Waals surface area contributed by atoms with Crippen LogP contribution in [0.4, 0.5) is 4.48 Å². The Hall–Kier alpha value is -0.110. The summed E-state index contributed by atoms with van der Waals surface area (Å²) in [6.07, 6.45) is 4.55. The molecule has 0 aromatic heterocycles. The van der Waals surface area contributed by atoms with E-state index in [1.807, 2.05) is 0 Å². The van der Waals surface area contributed by atoms with Crippen LogP contribution in [0.1, 0.15) is 25.7 Å². The molecule has 3 rings (SSSR count). The van der Waals surface area contributed by atoms with Crippen LogP contribution in [0, 0.1) is 0 Å². The van der Waals surface area contributed by atoms with Gasteiger partial charge in [0, 0.05) is 12.1 Å². The van der Waals surface area contributed by atoms with Gasteiger partial charge in [-0.25, -0.2) is 0 Å². The van der Waals surface area contributed by atoms with E-state index in [-0.39, 0.29) is 0 Å². The maximum absolute atomic E-state index is 12.5. The molecule has 2 bridgehead atoms. The average Bonchev–Trinajstić information content (AvgIpc) is 1.89. The number of hydrogen-bond donors (Lipinski definition) is 0. The molecule has 1 saturated carbocycles. The van der Waals surface area contributed by atoms with Gasteiger partial charge in [0.05, 0.1) is 0 Å². The number of hydrogen-bond acceptors (Lipinski definition) is 1. The van der Waals surface area contributed by atoms with E-state index in [0.29, 0.717) is 12.1 Å². The number of rotatable bonds is 0. The van der Waals surface area contributed by atoms with Crippen LogP contribution in [0.15, 0.2) is 0 Å². The van der Waals surface area contributed by atoms with Crippen LogP contribution in [0.5, 0.6) is 0 Å². The van der Waals surface area contributed by atoms with Crippen molar-refractivity contribution in [2.45, 2.75) is 37.8 Å². The lowest BCUT2D eigenvalue weighted by Crippen LogP contribution is -2.53. The van der Waals surface area contributed by atoms with Crippen molar-refractivity contribution in [3.8, 4) is 0 Å². The van der Waals surface area contributed by atoms with Crippen molar-refractivity contribution in [3.05, 3.63) is 0 Å². The van der Waals surface area contributed by atoms with Crippen LogP contribution in [-0.4, -0.2) is 17.2 Å². The summed E-state index contributed by atoms with van der Waals surface area (Å²) in [5, 5.41) is 1.03. The highest BCUT2D eigenvalue weighted by atomic mass is 19.2. The van der Waals surface area contributed by atoms with Crippen LogP contribution in [0.25, 0.3) is 0 Å². The second-order valence-electron chi connectivity index (χ2n) is 2.82. The normalized spacial score (nSPS) is 46.1. The van der Waals surface area contributed by atoms with Crippen LogP contribution >= 0.6 is 0 Å². The smallest absolute Gasteiger partial charge is 0.0421 e. The monoisotopic (exact) mass is 115 g/mol. The second-order valence-corrected chi connectivity index (χ2v) is 2.82. The average molecular weight is 115 g/mol. The Morgan fingerprint density at radius 3 is 2.12 bits per heavy atom. The van der Waals surface area contributed by atoms with Crippen molar-refractivity contribution >= 4 is 0 Å². The molecule has 1 aliphatic carbocycles. The quantitative estimate of drug-likeness (QED) is 0.432. The molecule has 3 aliphatic rings. The third-order valence-corrected chi connectivity index (χ3v) is 2.32. The van der Waals surface area contributed by atoms with Gasteiger partial charge in [0.1, 0.15) is 0 Å². The molecule has 0 aromatic carbocycles. The molecular weight excluding hydrogens is 105 g/mol. The summed E-state index contributed by atoms with van der Waals surface area (Å²) in [6, 6.07) is 0.627. The number of fused-ring (bicyclic) bond motifs is 2. The summed E-state index contributed by atoms with van der Waals surface area (Å²) in [4.78, 5) is 0. The molecule has 2 heterocycles. The molecular formula is C6H10FN. The maximum atomic E-state index is 12.5. The lowest BCUT2D eigenvalue weighted by Gasteiger charge is -2.46. The Labute approximate surface area is 48.4 Å². The third kappa shape index (κ3) is 0.440. The van der Waals surface area contributed by atoms with Gasteiger partial charge in [-0.2, -0.15) is 0 Å².